The van der Waals surface area contributed by atoms with E-state index in [0.29, 0.717) is 30.3 Å². The van der Waals surface area contributed by atoms with Gasteiger partial charge < -0.3 is 10.5 Å². The molecule has 2 aromatic rings. The van der Waals surface area contributed by atoms with Crippen molar-refractivity contribution in [1.29, 1.82) is 0 Å². The molecule has 0 spiro atoms. The van der Waals surface area contributed by atoms with Gasteiger partial charge in [-0.25, -0.2) is 9.07 Å². The van der Waals surface area contributed by atoms with E-state index in [-0.39, 0.29) is 6.04 Å². The van der Waals surface area contributed by atoms with Crippen molar-refractivity contribution in [2.45, 2.75) is 18.9 Å². The highest BCUT2D eigenvalue weighted by Crippen LogP contribution is 2.27. The Hall–Kier alpha value is -2.02. The first-order chi connectivity index (χ1) is 9.25. The first-order valence-corrected chi connectivity index (χ1v) is 6.16. The standard InChI is InChI=1S/C12H14FN5O/c13-11-7-8(14)1-2-10(11)12-15-16-17-18(12)9-3-5-19-6-4-9/h1-2,7,9H,3-6,14H2. The van der Waals surface area contributed by atoms with Crippen LogP contribution in [0.5, 0.6) is 0 Å². The molecule has 0 saturated carbocycles. The molecule has 1 saturated heterocycles. The highest BCUT2D eigenvalue weighted by atomic mass is 19.1. The van der Waals surface area contributed by atoms with Gasteiger partial charge in [0.05, 0.1) is 11.6 Å². The number of ether oxygens (including phenoxy) is 1. The number of nitrogens with zero attached hydrogens (tertiary/aromatic N) is 4. The van der Waals surface area contributed by atoms with Gasteiger partial charge >= 0.3 is 0 Å². The first-order valence-electron chi connectivity index (χ1n) is 6.16. The third-order valence-corrected chi connectivity index (χ3v) is 3.26. The lowest BCUT2D eigenvalue weighted by atomic mass is 10.1. The molecule has 0 atom stereocenters. The van der Waals surface area contributed by atoms with Crippen LogP contribution in [0, 0.1) is 5.82 Å². The fourth-order valence-corrected chi connectivity index (χ4v) is 2.26. The average molecular weight is 263 g/mol. The minimum absolute atomic E-state index is 0.149. The SMILES string of the molecule is Nc1ccc(-c2nnnn2C2CCOCC2)c(F)c1. The van der Waals surface area contributed by atoms with Crippen molar-refractivity contribution in [3.05, 3.63) is 24.0 Å². The van der Waals surface area contributed by atoms with Gasteiger partial charge in [-0.05, 0) is 41.5 Å². The summed E-state index contributed by atoms with van der Waals surface area (Å²) in [5.74, 6) is 0.0208. The molecule has 19 heavy (non-hydrogen) atoms. The monoisotopic (exact) mass is 263 g/mol. The van der Waals surface area contributed by atoms with Gasteiger partial charge in [0.1, 0.15) is 5.82 Å². The van der Waals surface area contributed by atoms with Crippen molar-refractivity contribution < 1.29 is 9.13 Å². The van der Waals surface area contributed by atoms with Crippen molar-refractivity contribution in [1.82, 2.24) is 20.2 Å². The van der Waals surface area contributed by atoms with E-state index in [1.54, 1.807) is 16.8 Å². The van der Waals surface area contributed by atoms with E-state index in [1.165, 1.54) is 6.07 Å². The molecule has 0 aliphatic carbocycles. The van der Waals surface area contributed by atoms with Crippen molar-refractivity contribution in [3.8, 4) is 11.4 Å². The molecule has 0 amide bonds. The molecule has 1 aliphatic rings. The predicted molar refractivity (Wildman–Crippen MR) is 66.7 cm³/mol. The molecule has 0 bridgehead atoms. The molecule has 6 nitrogen and oxygen atoms in total. The molecule has 1 aliphatic heterocycles. The third kappa shape index (κ3) is 2.28. The summed E-state index contributed by atoms with van der Waals surface area (Å²) in [6.45, 7) is 1.35. The number of aromatic nitrogens is 4. The zero-order valence-corrected chi connectivity index (χ0v) is 10.3. The van der Waals surface area contributed by atoms with Crippen LogP contribution >= 0.6 is 0 Å². The zero-order valence-electron chi connectivity index (χ0n) is 10.3. The minimum atomic E-state index is -0.414. The van der Waals surface area contributed by atoms with Crippen molar-refractivity contribution in [2.24, 2.45) is 0 Å². The Balaban J connectivity index is 1.99. The third-order valence-electron chi connectivity index (χ3n) is 3.26. The van der Waals surface area contributed by atoms with Gasteiger partial charge in [-0.3, -0.25) is 0 Å². The summed E-state index contributed by atoms with van der Waals surface area (Å²) in [5.41, 5.74) is 6.29. The fourth-order valence-electron chi connectivity index (χ4n) is 2.26. The van der Waals surface area contributed by atoms with Crippen LogP contribution in [0.4, 0.5) is 10.1 Å². The lowest BCUT2D eigenvalue weighted by Crippen LogP contribution is -2.21. The number of tetrazole rings is 1. The van der Waals surface area contributed by atoms with Crippen molar-refractivity contribution in [2.75, 3.05) is 18.9 Å². The summed E-state index contributed by atoms with van der Waals surface area (Å²) in [5, 5.41) is 11.6. The van der Waals surface area contributed by atoms with Gasteiger partial charge in [0, 0.05) is 18.9 Å². The van der Waals surface area contributed by atoms with Gasteiger partial charge in [0.25, 0.3) is 0 Å². The number of benzene rings is 1. The van der Waals surface area contributed by atoms with E-state index >= 15 is 0 Å². The number of hydrogen-bond donors (Lipinski definition) is 1. The van der Waals surface area contributed by atoms with E-state index in [0.717, 1.165) is 12.8 Å². The van der Waals surface area contributed by atoms with Gasteiger partial charge in [0.15, 0.2) is 5.82 Å². The van der Waals surface area contributed by atoms with Crippen LogP contribution in [0.25, 0.3) is 11.4 Å². The topological polar surface area (TPSA) is 78.9 Å². The molecule has 0 radical (unpaired) electrons. The smallest absolute Gasteiger partial charge is 0.185 e. The number of halogens is 1. The lowest BCUT2D eigenvalue weighted by molar-refractivity contribution is 0.0662. The average Bonchev–Trinajstić information content (AvgIpc) is 2.89. The Bertz CT molecular complexity index is 579. The molecule has 1 aromatic heterocycles. The van der Waals surface area contributed by atoms with Crippen LogP contribution in [-0.4, -0.2) is 33.4 Å². The summed E-state index contributed by atoms with van der Waals surface area (Å²) in [6.07, 6.45) is 1.66. The maximum atomic E-state index is 13.9. The predicted octanol–water partition coefficient (Wildman–Crippen LogP) is 1.41. The van der Waals surface area contributed by atoms with Gasteiger partial charge in [-0.15, -0.1) is 5.10 Å². The highest BCUT2D eigenvalue weighted by Gasteiger charge is 2.22. The Morgan fingerprint density at radius 2 is 2.11 bits per heavy atom. The molecule has 1 aromatic carbocycles. The van der Waals surface area contributed by atoms with Crippen LogP contribution < -0.4 is 5.73 Å². The summed E-state index contributed by atoms with van der Waals surface area (Å²) in [7, 11) is 0. The largest absolute Gasteiger partial charge is 0.399 e. The Morgan fingerprint density at radius 3 is 2.84 bits per heavy atom. The first kappa shape index (κ1) is 12.0. The minimum Gasteiger partial charge on any atom is -0.399 e. The molecule has 100 valence electrons. The maximum Gasteiger partial charge on any atom is 0.185 e. The van der Waals surface area contributed by atoms with Gasteiger partial charge in [0.2, 0.25) is 0 Å². The van der Waals surface area contributed by atoms with Crippen LogP contribution in [0.15, 0.2) is 18.2 Å². The highest BCUT2D eigenvalue weighted by molar-refractivity contribution is 5.59. The second kappa shape index (κ2) is 4.93. The molecular weight excluding hydrogens is 249 g/mol. The van der Waals surface area contributed by atoms with E-state index in [9.17, 15) is 4.39 Å². The lowest BCUT2D eigenvalue weighted by Gasteiger charge is -2.22. The molecule has 2 N–H and O–H groups in total. The summed E-state index contributed by atoms with van der Waals surface area (Å²) in [4.78, 5) is 0. The number of hydrogen-bond acceptors (Lipinski definition) is 5. The van der Waals surface area contributed by atoms with Crippen molar-refractivity contribution in [3.63, 3.8) is 0 Å². The molecule has 1 fully saturated rings. The fraction of sp³-hybridized carbons (Fsp3) is 0.417. The normalized spacial score (nSPS) is 16.7. The van der Waals surface area contributed by atoms with Gasteiger partial charge in [-0.1, -0.05) is 0 Å². The maximum absolute atomic E-state index is 13.9. The van der Waals surface area contributed by atoms with E-state index in [1.807, 2.05) is 0 Å². The second-order valence-electron chi connectivity index (χ2n) is 4.53. The summed E-state index contributed by atoms with van der Waals surface area (Å²) >= 11 is 0. The summed E-state index contributed by atoms with van der Waals surface area (Å²) < 4.78 is 20.9. The summed E-state index contributed by atoms with van der Waals surface area (Å²) in [6, 6.07) is 4.67. The molecule has 2 heterocycles. The second-order valence-corrected chi connectivity index (χ2v) is 4.53. The quantitative estimate of drug-likeness (QED) is 0.829. The van der Waals surface area contributed by atoms with Gasteiger partial charge in [-0.2, -0.15) is 0 Å². The Kier molecular flexibility index (Phi) is 3.12. The van der Waals surface area contributed by atoms with Crippen LogP contribution in [0.2, 0.25) is 0 Å². The number of nitrogen functional groups attached to an aromatic ring is 1. The van der Waals surface area contributed by atoms with E-state index < -0.39 is 5.82 Å². The van der Waals surface area contributed by atoms with Crippen molar-refractivity contribution >= 4 is 5.69 Å². The van der Waals surface area contributed by atoms with Crippen LogP contribution in [0.1, 0.15) is 18.9 Å². The Morgan fingerprint density at radius 1 is 1.32 bits per heavy atom. The Labute approximate surface area is 109 Å². The van der Waals surface area contributed by atoms with E-state index in [2.05, 4.69) is 15.5 Å². The number of rotatable bonds is 2. The number of nitrogens with two attached hydrogens (primary N) is 1. The van der Waals surface area contributed by atoms with Crippen LogP contribution in [0.3, 0.4) is 0 Å². The van der Waals surface area contributed by atoms with E-state index in [4.69, 9.17) is 10.5 Å². The molecule has 3 rings (SSSR count). The molecular formula is C12H14FN5O. The number of anilines is 1. The zero-order chi connectivity index (χ0) is 13.2. The molecule has 0 unspecified atom stereocenters. The molecule has 7 heteroatoms. The van der Waals surface area contributed by atoms with Crippen LogP contribution in [-0.2, 0) is 4.74 Å².